The fraction of sp³-hybridized carbons (Fsp3) is 0.304. The number of amides is 1. The van der Waals surface area contributed by atoms with Crippen LogP contribution in [-0.2, 0) is 0 Å². The second-order valence-electron chi connectivity index (χ2n) is 6.75. The molecule has 1 aromatic heterocycles. The van der Waals surface area contributed by atoms with Gasteiger partial charge in [0.1, 0.15) is 5.03 Å². The molecule has 0 fully saturated rings. The quantitative estimate of drug-likeness (QED) is 0.395. The number of carbonyl (C=O) groups is 1. The first kappa shape index (κ1) is 20.7. The number of hydrogen-bond donors (Lipinski definition) is 1. The van der Waals surface area contributed by atoms with Gasteiger partial charge in [-0.1, -0.05) is 80.2 Å². The number of rotatable bonds is 9. The zero-order valence-corrected chi connectivity index (χ0v) is 17.7. The van der Waals surface area contributed by atoms with E-state index in [9.17, 15) is 4.79 Å². The number of unbranched alkanes of at least 4 members (excludes halogenated alkanes) is 4. The van der Waals surface area contributed by atoms with Gasteiger partial charge in [-0.05, 0) is 36.8 Å². The molecule has 0 aliphatic heterocycles. The second kappa shape index (κ2) is 10.5. The smallest absolute Gasteiger partial charge is 0.252 e. The summed E-state index contributed by atoms with van der Waals surface area (Å²) < 4.78 is 0. The highest BCUT2D eigenvalue weighted by atomic mass is 35.5. The summed E-state index contributed by atoms with van der Waals surface area (Å²) in [5.41, 5.74) is 1.49. The minimum absolute atomic E-state index is 0.0398. The molecule has 1 N–H and O–H groups in total. The van der Waals surface area contributed by atoms with Gasteiger partial charge in [0.25, 0.3) is 5.91 Å². The Kier molecular flexibility index (Phi) is 7.75. The van der Waals surface area contributed by atoms with Crippen molar-refractivity contribution in [2.24, 2.45) is 0 Å². The normalized spacial score (nSPS) is 10.9. The molecule has 3 aromatic rings. The molecule has 146 valence electrons. The van der Waals surface area contributed by atoms with Crippen molar-refractivity contribution in [1.82, 2.24) is 10.3 Å². The SMILES string of the molecule is CCCCCCCNC(=O)c1cc(Sc2cccc(Cl)c2)nc2ccccc12. The Morgan fingerprint density at radius 2 is 1.86 bits per heavy atom. The molecule has 0 unspecified atom stereocenters. The fourth-order valence-corrected chi connectivity index (χ4v) is 4.22. The molecular formula is C23H25ClN2OS. The van der Waals surface area contributed by atoms with E-state index in [1.807, 2.05) is 54.6 Å². The summed E-state index contributed by atoms with van der Waals surface area (Å²) >= 11 is 7.60. The van der Waals surface area contributed by atoms with E-state index in [4.69, 9.17) is 16.6 Å². The van der Waals surface area contributed by atoms with Crippen molar-refractivity contribution >= 4 is 40.2 Å². The molecule has 0 radical (unpaired) electrons. The van der Waals surface area contributed by atoms with E-state index >= 15 is 0 Å². The van der Waals surface area contributed by atoms with Gasteiger partial charge in [-0.2, -0.15) is 0 Å². The average Bonchev–Trinajstić information content (AvgIpc) is 2.70. The lowest BCUT2D eigenvalue weighted by molar-refractivity contribution is 0.0954. The van der Waals surface area contributed by atoms with Gasteiger partial charge in [0, 0.05) is 21.8 Å². The van der Waals surface area contributed by atoms with Gasteiger partial charge in [0.2, 0.25) is 0 Å². The predicted molar refractivity (Wildman–Crippen MR) is 118 cm³/mol. The molecular weight excluding hydrogens is 388 g/mol. The molecule has 1 heterocycles. The number of benzene rings is 2. The van der Waals surface area contributed by atoms with E-state index < -0.39 is 0 Å². The van der Waals surface area contributed by atoms with Crippen molar-refractivity contribution in [3.8, 4) is 0 Å². The third kappa shape index (κ3) is 5.73. The van der Waals surface area contributed by atoms with Crippen molar-refractivity contribution in [3.63, 3.8) is 0 Å². The van der Waals surface area contributed by atoms with Crippen molar-refractivity contribution in [2.75, 3.05) is 6.54 Å². The number of nitrogens with zero attached hydrogens (tertiary/aromatic N) is 1. The van der Waals surface area contributed by atoms with Crippen LogP contribution >= 0.6 is 23.4 Å². The minimum atomic E-state index is -0.0398. The number of fused-ring (bicyclic) bond motifs is 1. The van der Waals surface area contributed by atoms with Crippen LogP contribution in [0.5, 0.6) is 0 Å². The first-order valence-electron chi connectivity index (χ1n) is 9.79. The number of hydrogen-bond acceptors (Lipinski definition) is 3. The van der Waals surface area contributed by atoms with Crippen molar-refractivity contribution in [2.45, 2.75) is 48.9 Å². The summed E-state index contributed by atoms with van der Waals surface area (Å²) in [5.74, 6) is -0.0398. The van der Waals surface area contributed by atoms with E-state index in [-0.39, 0.29) is 5.91 Å². The molecule has 5 heteroatoms. The zero-order chi connectivity index (χ0) is 19.8. The monoisotopic (exact) mass is 412 g/mol. The second-order valence-corrected chi connectivity index (χ2v) is 8.28. The average molecular weight is 413 g/mol. The maximum absolute atomic E-state index is 12.8. The minimum Gasteiger partial charge on any atom is -0.352 e. The molecule has 0 saturated heterocycles. The number of nitrogens with one attached hydrogen (secondary N) is 1. The fourth-order valence-electron chi connectivity index (χ4n) is 3.07. The highest BCUT2D eigenvalue weighted by molar-refractivity contribution is 7.99. The zero-order valence-electron chi connectivity index (χ0n) is 16.1. The highest BCUT2D eigenvalue weighted by Gasteiger charge is 2.13. The van der Waals surface area contributed by atoms with Gasteiger partial charge in [-0.3, -0.25) is 4.79 Å². The molecule has 0 aliphatic carbocycles. The molecule has 0 aliphatic rings. The van der Waals surface area contributed by atoms with Crippen LogP contribution in [0.3, 0.4) is 0 Å². The van der Waals surface area contributed by atoms with Gasteiger partial charge in [-0.25, -0.2) is 4.98 Å². The third-order valence-electron chi connectivity index (χ3n) is 4.52. The van der Waals surface area contributed by atoms with Crippen LogP contribution in [0.1, 0.15) is 49.4 Å². The van der Waals surface area contributed by atoms with Crippen LogP contribution < -0.4 is 5.32 Å². The number of carbonyl (C=O) groups excluding carboxylic acids is 1. The molecule has 3 rings (SSSR count). The molecule has 0 saturated carbocycles. The predicted octanol–water partition coefficient (Wildman–Crippen LogP) is 6.74. The van der Waals surface area contributed by atoms with Gasteiger partial charge in [0.15, 0.2) is 0 Å². The van der Waals surface area contributed by atoms with E-state index in [0.29, 0.717) is 17.1 Å². The van der Waals surface area contributed by atoms with Gasteiger partial charge < -0.3 is 5.32 Å². The Labute approximate surface area is 175 Å². The first-order valence-corrected chi connectivity index (χ1v) is 11.0. The Morgan fingerprint density at radius 3 is 2.68 bits per heavy atom. The molecule has 0 bridgehead atoms. The summed E-state index contributed by atoms with van der Waals surface area (Å²) in [4.78, 5) is 18.5. The lowest BCUT2D eigenvalue weighted by Gasteiger charge is -2.10. The molecule has 3 nitrogen and oxygen atoms in total. The van der Waals surface area contributed by atoms with Crippen LogP contribution in [0.2, 0.25) is 5.02 Å². The van der Waals surface area contributed by atoms with Crippen molar-refractivity contribution in [3.05, 3.63) is 65.2 Å². The van der Waals surface area contributed by atoms with Crippen LogP contribution in [-0.4, -0.2) is 17.4 Å². The lowest BCUT2D eigenvalue weighted by Crippen LogP contribution is -2.24. The third-order valence-corrected chi connectivity index (χ3v) is 5.66. The van der Waals surface area contributed by atoms with Crippen molar-refractivity contribution in [1.29, 1.82) is 0 Å². The number of halogens is 1. The summed E-state index contributed by atoms with van der Waals surface area (Å²) in [6, 6.07) is 17.3. The number of para-hydroxylation sites is 1. The maximum Gasteiger partial charge on any atom is 0.252 e. The maximum atomic E-state index is 12.8. The number of aromatic nitrogens is 1. The lowest BCUT2D eigenvalue weighted by atomic mass is 10.1. The van der Waals surface area contributed by atoms with E-state index in [1.165, 1.54) is 31.0 Å². The van der Waals surface area contributed by atoms with Crippen LogP contribution in [0.4, 0.5) is 0 Å². The van der Waals surface area contributed by atoms with Gasteiger partial charge >= 0.3 is 0 Å². The summed E-state index contributed by atoms with van der Waals surface area (Å²) in [7, 11) is 0. The molecule has 28 heavy (non-hydrogen) atoms. The van der Waals surface area contributed by atoms with Crippen molar-refractivity contribution < 1.29 is 4.79 Å². The topological polar surface area (TPSA) is 42.0 Å². The summed E-state index contributed by atoms with van der Waals surface area (Å²) in [5, 5.41) is 5.42. The van der Waals surface area contributed by atoms with Crippen LogP contribution in [0.15, 0.2) is 64.5 Å². The largest absolute Gasteiger partial charge is 0.352 e. The summed E-state index contributed by atoms with van der Waals surface area (Å²) in [6.07, 6.45) is 5.88. The van der Waals surface area contributed by atoms with Crippen LogP contribution in [0, 0.1) is 0 Å². The molecule has 0 atom stereocenters. The molecule has 0 spiro atoms. The molecule has 1 amide bonds. The Balaban J connectivity index is 1.77. The van der Waals surface area contributed by atoms with E-state index in [2.05, 4.69) is 12.2 Å². The standard InChI is InChI=1S/C23H25ClN2OS/c1-2-3-4-5-8-14-25-23(27)20-16-22(26-21-13-7-6-12-19(20)21)28-18-11-9-10-17(24)15-18/h6-7,9-13,15-16H,2-5,8,14H2,1H3,(H,25,27). The van der Waals surface area contributed by atoms with Crippen LogP contribution in [0.25, 0.3) is 10.9 Å². The summed E-state index contributed by atoms with van der Waals surface area (Å²) in [6.45, 7) is 2.91. The number of pyridine rings is 1. The first-order chi connectivity index (χ1) is 13.7. The van der Waals surface area contributed by atoms with E-state index in [1.54, 1.807) is 0 Å². The molecule has 2 aromatic carbocycles. The van der Waals surface area contributed by atoms with Gasteiger partial charge in [-0.15, -0.1) is 0 Å². The van der Waals surface area contributed by atoms with E-state index in [0.717, 1.165) is 33.7 Å². The van der Waals surface area contributed by atoms with Gasteiger partial charge in [0.05, 0.1) is 11.1 Å². The highest BCUT2D eigenvalue weighted by Crippen LogP contribution is 2.31. The Hall–Kier alpha value is -2.04. The Morgan fingerprint density at radius 1 is 1.04 bits per heavy atom. The Bertz CT molecular complexity index is 945.